The van der Waals surface area contributed by atoms with Crippen LogP contribution in [0.15, 0.2) is 43.0 Å². The summed E-state index contributed by atoms with van der Waals surface area (Å²) >= 11 is 0. The van der Waals surface area contributed by atoms with Gasteiger partial charge in [0, 0.05) is 37.6 Å². The lowest BCUT2D eigenvalue weighted by Crippen LogP contribution is -2.28. The Bertz CT molecular complexity index is 762. The number of pyridine rings is 2. The van der Waals surface area contributed by atoms with Gasteiger partial charge in [-0.2, -0.15) is 0 Å². The van der Waals surface area contributed by atoms with Gasteiger partial charge in [-0.3, -0.25) is 9.97 Å². The van der Waals surface area contributed by atoms with E-state index in [1.807, 2.05) is 24.8 Å². The Kier molecular flexibility index (Phi) is 4.04. The molecular formula is C21H26N4O. The molecule has 2 aromatic heterocycles. The van der Waals surface area contributed by atoms with Gasteiger partial charge in [-0.1, -0.05) is 0 Å². The lowest BCUT2D eigenvalue weighted by molar-refractivity contribution is 0.276. The van der Waals surface area contributed by atoms with Crippen LogP contribution in [0.2, 0.25) is 0 Å². The first-order valence-corrected chi connectivity index (χ1v) is 9.76. The van der Waals surface area contributed by atoms with Crippen molar-refractivity contribution in [2.45, 2.75) is 31.7 Å². The molecule has 0 amide bonds. The molecule has 0 unspecified atom stereocenters. The molecule has 2 aromatic rings. The fourth-order valence-electron chi connectivity index (χ4n) is 4.73. The summed E-state index contributed by atoms with van der Waals surface area (Å²) in [5, 5.41) is 3.48. The third-order valence-electron chi connectivity index (χ3n) is 6.29. The van der Waals surface area contributed by atoms with E-state index >= 15 is 0 Å². The van der Waals surface area contributed by atoms with Gasteiger partial charge in [0.1, 0.15) is 12.4 Å². The molecule has 136 valence electrons. The van der Waals surface area contributed by atoms with Crippen molar-refractivity contribution < 1.29 is 4.74 Å². The van der Waals surface area contributed by atoms with Crippen LogP contribution in [-0.4, -0.2) is 42.3 Å². The maximum atomic E-state index is 5.99. The van der Waals surface area contributed by atoms with Gasteiger partial charge in [0.25, 0.3) is 0 Å². The summed E-state index contributed by atoms with van der Waals surface area (Å²) in [6, 6.07) is 6.95. The molecule has 0 radical (unpaired) electrons. The summed E-state index contributed by atoms with van der Waals surface area (Å²) in [6.07, 6.45) is 12.6. The first kappa shape index (κ1) is 16.1. The zero-order valence-corrected chi connectivity index (χ0v) is 15.1. The predicted octanol–water partition coefficient (Wildman–Crippen LogP) is 2.68. The molecule has 0 bridgehead atoms. The van der Waals surface area contributed by atoms with Crippen molar-refractivity contribution in [1.29, 1.82) is 0 Å². The van der Waals surface area contributed by atoms with E-state index in [9.17, 15) is 0 Å². The molecule has 2 aliphatic heterocycles. The van der Waals surface area contributed by atoms with Crippen LogP contribution >= 0.6 is 0 Å². The molecule has 5 heteroatoms. The van der Waals surface area contributed by atoms with E-state index in [0.29, 0.717) is 11.5 Å². The highest BCUT2D eigenvalue weighted by Crippen LogP contribution is 2.60. The lowest BCUT2D eigenvalue weighted by atomic mass is 9.96. The van der Waals surface area contributed by atoms with E-state index in [4.69, 9.17) is 4.74 Å². The van der Waals surface area contributed by atoms with Crippen molar-refractivity contribution in [3.63, 3.8) is 0 Å². The Morgan fingerprint density at radius 2 is 2.15 bits per heavy atom. The van der Waals surface area contributed by atoms with Crippen LogP contribution in [0.3, 0.4) is 0 Å². The normalized spacial score (nSPS) is 29.6. The summed E-state index contributed by atoms with van der Waals surface area (Å²) in [6.45, 7) is 4.11. The second kappa shape index (κ2) is 6.54. The van der Waals surface area contributed by atoms with Gasteiger partial charge in [0.2, 0.25) is 0 Å². The number of rotatable bonds is 6. The van der Waals surface area contributed by atoms with Gasteiger partial charge < -0.3 is 15.0 Å². The predicted molar refractivity (Wildman–Crippen MR) is 101 cm³/mol. The van der Waals surface area contributed by atoms with Gasteiger partial charge in [0.15, 0.2) is 0 Å². The van der Waals surface area contributed by atoms with Gasteiger partial charge in [0.05, 0.1) is 18.1 Å². The van der Waals surface area contributed by atoms with Crippen LogP contribution in [0.5, 0.6) is 5.75 Å². The molecule has 0 spiro atoms. The molecule has 3 fully saturated rings. The van der Waals surface area contributed by atoms with Crippen molar-refractivity contribution in [3.8, 4) is 5.75 Å². The van der Waals surface area contributed by atoms with E-state index in [-0.39, 0.29) is 0 Å². The van der Waals surface area contributed by atoms with E-state index in [2.05, 4.69) is 38.4 Å². The third kappa shape index (κ3) is 3.16. The van der Waals surface area contributed by atoms with Crippen LogP contribution in [-0.2, 0) is 6.42 Å². The molecule has 0 aromatic carbocycles. The van der Waals surface area contributed by atoms with Gasteiger partial charge in [-0.25, -0.2) is 0 Å². The number of hydrogen-bond donors (Lipinski definition) is 1. The molecule has 5 nitrogen and oxygen atoms in total. The topological polar surface area (TPSA) is 50.3 Å². The van der Waals surface area contributed by atoms with E-state index < -0.39 is 0 Å². The number of hydrogen-bond acceptors (Lipinski definition) is 5. The SMILES string of the molecule is c1cc(C[C@@]23C[C@@H]2CN(c2cncc(OC[C@@H]4CCCN4)c2)C3)ccn1. The second-order valence-electron chi connectivity index (χ2n) is 8.16. The largest absolute Gasteiger partial charge is 0.490 e. The minimum Gasteiger partial charge on any atom is -0.490 e. The number of piperidine rings is 1. The quantitative estimate of drug-likeness (QED) is 0.868. The standard InChI is InChI=1S/C21H26N4O/c1-2-18(24-5-1)14-26-20-8-19(11-23-12-20)25-13-17-10-21(17,15-25)9-16-3-6-22-7-4-16/h3-4,6-8,11-12,17-18,24H,1-2,5,9-10,13-15H2/t17-,18+,21+/m1/s1. The highest BCUT2D eigenvalue weighted by atomic mass is 16.5. The average Bonchev–Trinajstić information content (AvgIpc) is 3.05. The van der Waals surface area contributed by atoms with Crippen molar-refractivity contribution >= 4 is 5.69 Å². The molecule has 4 heterocycles. The molecule has 1 saturated carbocycles. The zero-order valence-electron chi connectivity index (χ0n) is 15.1. The molecule has 3 atom stereocenters. The summed E-state index contributed by atoms with van der Waals surface area (Å²) in [5.74, 6) is 1.70. The molecule has 2 saturated heterocycles. The fourth-order valence-corrected chi connectivity index (χ4v) is 4.73. The minimum absolute atomic E-state index is 0.450. The molecule has 1 N–H and O–H groups in total. The van der Waals surface area contributed by atoms with Gasteiger partial charge in [-0.15, -0.1) is 0 Å². The maximum absolute atomic E-state index is 5.99. The number of ether oxygens (including phenoxy) is 1. The van der Waals surface area contributed by atoms with Crippen molar-refractivity contribution in [1.82, 2.24) is 15.3 Å². The van der Waals surface area contributed by atoms with Crippen molar-refractivity contribution in [2.75, 3.05) is 31.1 Å². The Hall–Kier alpha value is -2.14. The Morgan fingerprint density at radius 1 is 1.23 bits per heavy atom. The monoisotopic (exact) mass is 350 g/mol. The summed E-state index contributed by atoms with van der Waals surface area (Å²) in [5.41, 5.74) is 3.05. The van der Waals surface area contributed by atoms with E-state index in [1.165, 1.54) is 30.5 Å². The summed E-state index contributed by atoms with van der Waals surface area (Å²) in [7, 11) is 0. The van der Waals surface area contributed by atoms with Crippen LogP contribution in [0, 0.1) is 11.3 Å². The lowest BCUT2D eigenvalue weighted by Gasteiger charge is -2.23. The van der Waals surface area contributed by atoms with Gasteiger partial charge in [-0.05, 0) is 61.3 Å². The molecule has 26 heavy (non-hydrogen) atoms. The zero-order chi connectivity index (χ0) is 17.4. The number of anilines is 1. The van der Waals surface area contributed by atoms with Crippen LogP contribution in [0.1, 0.15) is 24.8 Å². The van der Waals surface area contributed by atoms with Crippen LogP contribution in [0.25, 0.3) is 0 Å². The average molecular weight is 350 g/mol. The Morgan fingerprint density at radius 3 is 3.00 bits per heavy atom. The number of nitrogens with one attached hydrogen (secondary N) is 1. The molecule has 3 aliphatic rings. The Labute approximate surface area is 154 Å². The minimum atomic E-state index is 0.450. The highest BCUT2D eigenvalue weighted by Gasteiger charge is 2.59. The third-order valence-corrected chi connectivity index (χ3v) is 6.29. The smallest absolute Gasteiger partial charge is 0.139 e. The van der Waals surface area contributed by atoms with Crippen molar-refractivity contribution in [3.05, 3.63) is 48.5 Å². The summed E-state index contributed by atoms with van der Waals surface area (Å²) in [4.78, 5) is 11.1. The summed E-state index contributed by atoms with van der Waals surface area (Å²) < 4.78 is 5.99. The molecule has 1 aliphatic carbocycles. The number of aromatic nitrogens is 2. The first-order valence-electron chi connectivity index (χ1n) is 9.76. The first-order chi connectivity index (χ1) is 12.8. The molecule has 5 rings (SSSR count). The van der Waals surface area contributed by atoms with Crippen molar-refractivity contribution in [2.24, 2.45) is 11.3 Å². The second-order valence-corrected chi connectivity index (χ2v) is 8.16. The maximum Gasteiger partial charge on any atom is 0.139 e. The van der Waals surface area contributed by atoms with Crippen LogP contribution in [0.4, 0.5) is 5.69 Å². The van der Waals surface area contributed by atoms with E-state index in [0.717, 1.165) is 44.3 Å². The van der Waals surface area contributed by atoms with E-state index in [1.54, 1.807) is 0 Å². The van der Waals surface area contributed by atoms with Gasteiger partial charge >= 0.3 is 0 Å². The molecular weight excluding hydrogens is 324 g/mol. The van der Waals surface area contributed by atoms with Crippen LogP contribution < -0.4 is 15.0 Å². The fraction of sp³-hybridized carbons (Fsp3) is 0.524. The number of fused-ring (bicyclic) bond motifs is 1. The Balaban J connectivity index is 1.23. The highest BCUT2D eigenvalue weighted by molar-refractivity contribution is 5.51. The number of nitrogens with zero attached hydrogens (tertiary/aromatic N) is 3.